The highest BCUT2D eigenvalue weighted by molar-refractivity contribution is 6.60. The second-order valence-corrected chi connectivity index (χ2v) is 6.07. The normalized spacial score (nSPS) is 20.5. The van der Waals surface area contributed by atoms with Crippen LogP contribution in [-0.4, -0.2) is 28.3 Å². The van der Waals surface area contributed by atoms with Gasteiger partial charge in [0, 0.05) is 5.39 Å². The fraction of sp³-hybridized carbons (Fsp3) is 0.429. The molecule has 1 saturated heterocycles. The van der Waals surface area contributed by atoms with Crippen LogP contribution in [0.5, 0.6) is 0 Å². The van der Waals surface area contributed by atoms with Crippen molar-refractivity contribution in [2.24, 2.45) is 0 Å². The van der Waals surface area contributed by atoms with Gasteiger partial charge in [0.2, 0.25) is 0 Å². The zero-order valence-corrected chi connectivity index (χ0v) is 12.2. The predicted molar refractivity (Wildman–Crippen MR) is 79.7 cm³/mol. The molecule has 0 atom stereocenters. The predicted octanol–water partition coefficient (Wildman–Crippen LogP) is 1.51. The summed E-state index contributed by atoms with van der Waals surface area (Å²) in [6.07, 6.45) is 0. The van der Waals surface area contributed by atoms with E-state index in [1.54, 1.807) is 0 Å². The fourth-order valence-corrected chi connectivity index (χ4v) is 2.17. The van der Waals surface area contributed by atoms with Crippen molar-refractivity contribution in [1.29, 1.82) is 0 Å². The molecule has 2 heterocycles. The van der Waals surface area contributed by atoms with Crippen molar-refractivity contribution in [3.63, 3.8) is 0 Å². The zero-order valence-electron chi connectivity index (χ0n) is 12.2. The molecule has 1 aliphatic rings. The maximum absolute atomic E-state index is 6.00. The smallest absolute Gasteiger partial charge is 0.397 e. The Morgan fingerprint density at radius 3 is 2.25 bits per heavy atom. The van der Waals surface area contributed by atoms with Gasteiger partial charge in [0.05, 0.1) is 16.7 Å². The molecular weight excluding hydrogens is 253 g/mol. The van der Waals surface area contributed by atoms with Crippen LogP contribution in [0.25, 0.3) is 10.9 Å². The van der Waals surface area contributed by atoms with E-state index >= 15 is 0 Å². The average Bonchev–Trinajstić information content (AvgIpc) is 2.58. The third-order valence-electron chi connectivity index (χ3n) is 4.11. The summed E-state index contributed by atoms with van der Waals surface area (Å²) in [7, 11) is -0.591. The van der Waals surface area contributed by atoms with E-state index in [2.05, 4.69) is 9.97 Å². The zero-order chi connectivity index (χ0) is 14.5. The van der Waals surface area contributed by atoms with E-state index in [-0.39, 0.29) is 0 Å². The lowest BCUT2D eigenvalue weighted by Gasteiger charge is -2.32. The Labute approximate surface area is 118 Å². The maximum atomic E-state index is 6.00. The molecule has 0 aliphatic carbocycles. The molecule has 3 rings (SSSR count). The number of fused-ring (bicyclic) bond motifs is 1. The summed E-state index contributed by atoms with van der Waals surface area (Å²) in [4.78, 5) is 8.84. The molecule has 1 aromatic carbocycles. The monoisotopic (exact) mass is 271 g/mol. The van der Waals surface area contributed by atoms with Crippen molar-refractivity contribution >= 4 is 29.6 Å². The summed E-state index contributed by atoms with van der Waals surface area (Å²) in [6.45, 7) is 7.99. The van der Waals surface area contributed by atoms with Gasteiger partial charge in [-0.3, -0.25) is 0 Å². The van der Waals surface area contributed by atoms with Gasteiger partial charge < -0.3 is 15.0 Å². The Balaban J connectivity index is 2.04. The summed E-state index contributed by atoms with van der Waals surface area (Å²) in [5.41, 5.74) is 6.44. The largest absolute Gasteiger partial charge is 0.534 e. The second-order valence-electron chi connectivity index (χ2n) is 6.07. The first kappa shape index (κ1) is 13.3. The van der Waals surface area contributed by atoms with E-state index in [0.717, 1.165) is 10.9 Å². The highest BCUT2D eigenvalue weighted by atomic mass is 16.7. The van der Waals surface area contributed by atoms with Crippen LogP contribution in [0.15, 0.2) is 24.3 Å². The van der Waals surface area contributed by atoms with Crippen LogP contribution in [0.1, 0.15) is 27.7 Å². The third kappa shape index (κ3) is 1.96. The van der Waals surface area contributed by atoms with Gasteiger partial charge in [0.15, 0.2) is 5.72 Å². The Kier molecular flexibility index (Phi) is 2.78. The molecule has 2 N–H and O–H groups in total. The van der Waals surface area contributed by atoms with Crippen LogP contribution in [0.4, 0.5) is 5.82 Å². The molecule has 20 heavy (non-hydrogen) atoms. The minimum Gasteiger partial charge on any atom is -0.397 e. The number of nitrogens with two attached hydrogens (primary N) is 1. The highest BCUT2D eigenvalue weighted by Crippen LogP contribution is 2.36. The van der Waals surface area contributed by atoms with Crippen molar-refractivity contribution in [2.45, 2.75) is 38.9 Å². The second kappa shape index (κ2) is 4.17. The molecule has 0 amide bonds. The van der Waals surface area contributed by atoms with Gasteiger partial charge in [-0.1, -0.05) is 12.1 Å². The van der Waals surface area contributed by atoms with Gasteiger partial charge in [-0.15, -0.1) is 0 Å². The topological polar surface area (TPSA) is 70.3 Å². The minimum absolute atomic E-state index is 0.415. The van der Waals surface area contributed by atoms with E-state index in [9.17, 15) is 0 Å². The Morgan fingerprint density at radius 1 is 1.00 bits per heavy atom. The van der Waals surface area contributed by atoms with Gasteiger partial charge in [-0.05, 0) is 39.8 Å². The van der Waals surface area contributed by atoms with Crippen molar-refractivity contribution in [2.75, 3.05) is 5.73 Å². The van der Waals surface area contributed by atoms with Gasteiger partial charge in [0.25, 0.3) is 0 Å². The number of nitrogens with zero attached hydrogens (tertiary/aromatic N) is 2. The number of nitrogen functional groups attached to an aromatic ring is 1. The summed E-state index contributed by atoms with van der Waals surface area (Å²) in [5, 5.41) is 0.841. The number of hydrogen-bond donors (Lipinski definition) is 1. The van der Waals surface area contributed by atoms with Crippen molar-refractivity contribution in [3.8, 4) is 0 Å². The summed E-state index contributed by atoms with van der Waals surface area (Å²) in [6, 6.07) is 7.64. The van der Waals surface area contributed by atoms with Crippen LogP contribution in [0.3, 0.4) is 0 Å². The first-order chi connectivity index (χ1) is 9.30. The van der Waals surface area contributed by atoms with Crippen LogP contribution >= 0.6 is 0 Å². The lowest BCUT2D eigenvalue weighted by molar-refractivity contribution is 0.00578. The number of hydrogen-bond acceptors (Lipinski definition) is 5. The van der Waals surface area contributed by atoms with E-state index in [1.807, 2.05) is 52.0 Å². The van der Waals surface area contributed by atoms with Crippen LogP contribution in [0, 0.1) is 0 Å². The van der Waals surface area contributed by atoms with E-state index in [0.29, 0.717) is 11.5 Å². The summed E-state index contributed by atoms with van der Waals surface area (Å²) in [5.74, 6) is 0.445. The lowest BCUT2D eigenvalue weighted by atomic mass is 9.89. The van der Waals surface area contributed by atoms with E-state index in [4.69, 9.17) is 15.0 Å². The number of rotatable bonds is 1. The molecular formula is C14H18BN3O2. The van der Waals surface area contributed by atoms with Gasteiger partial charge in [-0.2, -0.15) is 0 Å². The Hall–Kier alpha value is -1.66. The number of benzene rings is 1. The van der Waals surface area contributed by atoms with Crippen molar-refractivity contribution in [3.05, 3.63) is 24.3 Å². The molecule has 0 radical (unpaired) electrons. The van der Waals surface area contributed by atoms with Gasteiger partial charge in [-0.25, -0.2) is 9.97 Å². The minimum atomic E-state index is -0.591. The molecule has 5 nitrogen and oxygen atoms in total. The number of para-hydroxylation sites is 1. The molecule has 0 spiro atoms. The Morgan fingerprint density at radius 2 is 1.60 bits per heavy atom. The molecule has 1 aliphatic heterocycles. The molecule has 0 saturated carbocycles. The average molecular weight is 271 g/mol. The molecule has 1 fully saturated rings. The van der Waals surface area contributed by atoms with Crippen molar-refractivity contribution < 1.29 is 9.31 Å². The van der Waals surface area contributed by atoms with E-state index < -0.39 is 18.3 Å². The molecule has 2 aromatic rings. The van der Waals surface area contributed by atoms with Crippen molar-refractivity contribution in [1.82, 2.24) is 9.97 Å². The van der Waals surface area contributed by atoms with Crippen LogP contribution < -0.4 is 11.5 Å². The highest BCUT2D eigenvalue weighted by Gasteiger charge is 2.53. The fourth-order valence-electron chi connectivity index (χ4n) is 2.17. The molecule has 6 heteroatoms. The van der Waals surface area contributed by atoms with Crippen LogP contribution in [-0.2, 0) is 9.31 Å². The first-order valence-corrected chi connectivity index (χ1v) is 6.68. The number of anilines is 1. The molecule has 1 aromatic heterocycles. The lowest BCUT2D eigenvalue weighted by Crippen LogP contribution is -2.41. The van der Waals surface area contributed by atoms with Gasteiger partial charge >= 0.3 is 7.12 Å². The van der Waals surface area contributed by atoms with E-state index in [1.165, 1.54) is 0 Å². The van der Waals surface area contributed by atoms with Gasteiger partial charge in [0.1, 0.15) is 5.82 Å². The maximum Gasteiger partial charge on any atom is 0.534 e. The molecule has 104 valence electrons. The SMILES string of the molecule is CC1(C)OB(c2nc(N)c3ccccc3n2)OC1(C)C. The summed E-state index contributed by atoms with van der Waals surface area (Å²) >= 11 is 0. The number of aromatic nitrogens is 2. The van der Waals surface area contributed by atoms with Crippen LogP contribution in [0.2, 0.25) is 0 Å². The summed E-state index contributed by atoms with van der Waals surface area (Å²) < 4.78 is 11.9. The molecule has 0 bridgehead atoms. The third-order valence-corrected chi connectivity index (χ3v) is 4.11. The Bertz CT molecular complexity index is 657. The standard InChI is InChI=1S/C14H18BN3O2/c1-13(2)14(3,4)20-15(19-13)12-17-10-8-6-5-7-9(10)11(16)18-12/h5-8H,1-4H3,(H2,16,17,18). The molecule has 0 unspecified atom stereocenters. The quantitative estimate of drug-likeness (QED) is 0.796. The first-order valence-electron chi connectivity index (χ1n) is 6.68.